The summed E-state index contributed by atoms with van der Waals surface area (Å²) in [6.07, 6.45) is 0. The van der Waals surface area contributed by atoms with Gasteiger partial charge < -0.3 is 10.5 Å². The van der Waals surface area contributed by atoms with Crippen molar-refractivity contribution in [3.63, 3.8) is 0 Å². The molecule has 0 bridgehead atoms. The maximum Gasteiger partial charge on any atom is 0.301 e. The molecule has 0 atom stereocenters. The summed E-state index contributed by atoms with van der Waals surface area (Å²) in [7, 11) is -1.94. The molecule has 88 valence electrons. The number of ether oxygens (including phenoxy) is 1. The molecule has 1 aliphatic rings. The van der Waals surface area contributed by atoms with Crippen LogP contribution in [0.25, 0.3) is 0 Å². The topological polar surface area (TPSA) is 84.7 Å². The van der Waals surface area contributed by atoms with E-state index in [1.165, 1.54) is 11.4 Å². The van der Waals surface area contributed by atoms with E-state index in [4.69, 9.17) is 10.5 Å². The van der Waals surface area contributed by atoms with Crippen LogP contribution in [0.3, 0.4) is 0 Å². The second-order valence-corrected chi connectivity index (χ2v) is 5.08. The van der Waals surface area contributed by atoms with Crippen LogP contribution in [0, 0.1) is 0 Å². The van der Waals surface area contributed by atoms with Crippen LogP contribution in [0.5, 0.6) is 5.75 Å². The van der Waals surface area contributed by atoms with Gasteiger partial charge in [0.05, 0.1) is 12.8 Å². The van der Waals surface area contributed by atoms with Crippen LogP contribution >= 0.6 is 0 Å². The number of nitrogens with two attached hydrogens (primary N) is 1. The van der Waals surface area contributed by atoms with Gasteiger partial charge in [-0.25, -0.2) is 0 Å². The number of benzene rings is 1. The molecule has 1 aromatic rings. The second-order valence-electron chi connectivity index (χ2n) is 3.40. The molecule has 1 aromatic carbocycles. The Morgan fingerprint density at radius 1 is 1.50 bits per heavy atom. The van der Waals surface area contributed by atoms with E-state index in [0.29, 0.717) is 30.2 Å². The van der Waals surface area contributed by atoms with E-state index in [9.17, 15) is 8.42 Å². The fourth-order valence-electron chi connectivity index (χ4n) is 1.62. The summed E-state index contributed by atoms with van der Waals surface area (Å²) in [5.41, 5.74) is 6.64. The fraction of sp³-hybridized carbons (Fsp3) is 0.333. The molecule has 0 unspecified atom stereocenters. The smallest absolute Gasteiger partial charge is 0.301 e. The van der Waals surface area contributed by atoms with Gasteiger partial charge in [-0.2, -0.15) is 13.1 Å². The first-order valence-electron chi connectivity index (χ1n) is 4.75. The summed E-state index contributed by atoms with van der Waals surface area (Å²) in [6.45, 7) is 0.790. The van der Waals surface area contributed by atoms with E-state index in [0.717, 1.165) is 0 Å². The number of nitrogens with one attached hydrogen (secondary N) is 1. The molecule has 0 saturated carbocycles. The minimum Gasteiger partial charge on any atom is -0.494 e. The molecular weight excluding hydrogens is 230 g/mol. The zero-order valence-electron chi connectivity index (χ0n) is 8.80. The third-order valence-electron chi connectivity index (χ3n) is 2.36. The van der Waals surface area contributed by atoms with Crippen molar-refractivity contribution in [1.29, 1.82) is 0 Å². The Bertz CT molecular complexity index is 501. The molecule has 3 N–H and O–H groups in total. The van der Waals surface area contributed by atoms with Gasteiger partial charge in [0.15, 0.2) is 0 Å². The zero-order chi connectivity index (χ0) is 11.8. The van der Waals surface area contributed by atoms with E-state index >= 15 is 0 Å². The van der Waals surface area contributed by atoms with Gasteiger partial charge in [0, 0.05) is 24.8 Å². The van der Waals surface area contributed by atoms with Crippen molar-refractivity contribution in [1.82, 2.24) is 4.72 Å². The summed E-state index contributed by atoms with van der Waals surface area (Å²) in [5.74, 6) is 0.451. The highest BCUT2D eigenvalue weighted by Crippen LogP contribution is 2.32. The molecule has 1 heterocycles. The van der Waals surface area contributed by atoms with Gasteiger partial charge >= 0.3 is 10.2 Å². The molecular formula is C9H13N3O3S. The molecule has 6 nitrogen and oxygen atoms in total. The first-order chi connectivity index (χ1) is 7.54. The van der Waals surface area contributed by atoms with E-state index in [1.54, 1.807) is 18.2 Å². The Labute approximate surface area is 94.2 Å². The lowest BCUT2D eigenvalue weighted by molar-refractivity contribution is 0.416. The lowest BCUT2D eigenvalue weighted by Crippen LogP contribution is -2.29. The highest BCUT2D eigenvalue weighted by Gasteiger charge is 2.29. The number of hydrogen-bond donors (Lipinski definition) is 2. The molecule has 2 rings (SSSR count). The molecule has 16 heavy (non-hydrogen) atoms. The summed E-state index contributed by atoms with van der Waals surface area (Å²) < 4.78 is 32.1. The third-order valence-corrected chi connectivity index (χ3v) is 3.89. The average Bonchev–Trinajstić information content (AvgIpc) is 2.58. The van der Waals surface area contributed by atoms with E-state index in [2.05, 4.69) is 4.72 Å². The highest BCUT2D eigenvalue weighted by molar-refractivity contribution is 7.91. The summed E-state index contributed by atoms with van der Waals surface area (Å²) in [6, 6.07) is 4.88. The quantitative estimate of drug-likeness (QED) is 0.712. The number of methoxy groups -OCH3 is 1. The predicted octanol–water partition coefficient (Wildman–Crippen LogP) is -0.0682. The van der Waals surface area contributed by atoms with Crippen LogP contribution in [-0.2, 0) is 10.2 Å². The van der Waals surface area contributed by atoms with Crippen LogP contribution in [0.2, 0.25) is 0 Å². The lowest BCUT2D eigenvalue weighted by atomic mass is 10.2. The van der Waals surface area contributed by atoms with Gasteiger partial charge in [-0.05, 0) is 12.1 Å². The van der Waals surface area contributed by atoms with E-state index in [1.807, 2.05) is 0 Å². The zero-order valence-corrected chi connectivity index (χ0v) is 9.62. The number of hydrogen-bond acceptors (Lipinski definition) is 4. The number of anilines is 2. The summed E-state index contributed by atoms with van der Waals surface area (Å²) >= 11 is 0. The van der Waals surface area contributed by atoms with Crippen molar-refractivity contribution < 1.29 is 13.2 Å². The summed E-state index contributed by atoms with van der Waals surface area (Å²) in [4.78, 5) is 0. The van der Waals surface area contributed by atoms with Gasteiger partial charge in [-0.15, -0.1) is 0 Å². The number of rotatable bonds is 2. The SMILES string of the molecule is COc1cc(N)ccc1N1CCNS1(=O)=O. The van der Waals surface area contributed by atoms with Crippen LogP contribution in [0.4, 0.5) is 11.4 Å². The van der Waals surface area contributed by atoms with Gasteiger partial charge in [0.25, 0.3) is 0 Å². The minimum absolute atomic E-state index is 0.391. The average molecular weight is 243 g/mol. The Hall–Kier alpha value is -1.47. The molecule has 1 aliphatic heterocycles. The van der Waals surface area contributed by atoms with Crippen molar-refractivity contribution >= 4 is 21.6 Å². The molecule has 1 fully saturated rings. The summed E-state index contributed by atoms with van der Waals surface area (Å²) in [5, 5.41) is 0. The Kier molecular flexibility index (Phi) is 2.64. The molecule has 1 saturated heterocycles. The van der Waals surface area contributed by atoms with Crippen LogP contribution < -0.4 is 19.5 Å². The maximum atomic E-state index is 11.6. The largest absolute Gasteiger partial charge is 0.494 e. The van der Waals surface area contributed by atoms with Gasteiger partial charge in [-0.1, -0.05) is 0 Å². The van der Waals surface area contributed by atoms with Gasteiger partial charge in [0.1, 0.15) is 5.75 Å². The molecule has 0 aliphatic carbocycles. The molecule has 0 radical (unpaired) electrons. The Balaban J connectivity index is 2.48. The van der Waals surface area contributed by atoms with Crippen molar-refractivity contribution in [2.75, 3.05) is 30.2 Å². The van der Waals surface area contributed by atoms with Gasteiger partial charge in [-0.3, -0.25) is 4.31 Å². The molecule has 7 heteroatoms. The molecule has 0 aromatic heterocycles. The predicted molar refractivity (Wildman–Crippen MR) is 61.7 cm³/mol. The van der Waals surface area contributed by atoms with Crippen LogP contribution in [-0.4, -0.2) is 28.6 Å². The maximum absolute atomic E-state index is 11.6. The second kappa shape index (κ2) is 3.84. The standard InChI is InChI=1S/C9H13N3O3S/c1-15-9-6-7(10)2-3-8(9)12-5-4-11-16(12,13)14/h2-3,6,11H,4-5,10H2,1H3. The lowest BCUT2D eigenvalue weighted by Gasteiger charge is -2.18. The van der Waals surface area contributed by atoms with Crippen LogP contribution in [0.15, 0.2) is 18.2 Å². The minimum atomic E-state index is -3.42. The van der Waals surface area contributed by atoms with Crippen LogP contribution in [0.1, 0.15) is 0 Å². The Morgan fingerprint density at radius 2 is 2.25 bits per heavy atom. The molecule has 0 spiro atoms. The van der Waals surface area contributed by atoms with E-state index < -0.39 is 10.2 Å². The Morgan fingerprint density at radius 3 is 2.81 bits per heavy atom. The first-order valence-corrected chi connectivity index (χ1v) is 6.19. The van der Waals surface area contributed by atoms with Gasteiger partial charge in [0.2, 0.25) is 0 Å². The number of nitrogens with zero attached hydrogens (tertiary/aromatic N) is 1. The first kappa shape index (κ1) is 11.0. The van der Waals surface area contributed by atoms with Crippen molar-refractivity contribution in [2.24, 2.45) is 0 Å². The van der Waals surface area contributed by atoms with Crippen molar-refractivity contribution in [2.45, 2.75) is 0 Å². The third kappa shape index (κ3) is 1.79. The fourth-order valence-corrected chi connectivity index (χ4v) is 2.87. The molecule has 0 amide bonds. The normalized spacial score (nSPS) is 18.7. The van der Waals surface area contributed by atoms with Crippen molar-refractivity contribution in [3.8, 4) is 5.75 Å². The number of nitrogen functional groups attached to an aromatic ring is 1. The van der Waals surface area contributed by atoms with Crippen molar-refractivity contribution in [3.05, 3.63) is 18.2 Å². The van der Waals surface area contributed by atoms with E-state index in [-0.39, 0.29) is 0 Å². The monoisotopic (exact) mass is 243 g/mol. The highest BCUT2D eigenvalue weighted by atomic mass is 32.2.